The zero-order chi connectivity index (χ0) is 23.7. The summed E-state index contributed by atoms with van der Waals surface area (Å²) in [4.78, 5) is 30.1. The van der Waals surface area contributed by atoms with Crippen LogP contribution in [-0.2, 0) is 4.79 Å². The first-order valence-corrected chi connectivity index (χ1v) is 12.0. The summed E-state index contributed by atoms with van der Waals surface area (Å²) in [6.45, 7) is 2.68. The van der Waals surface area contributed by atoms with Gasteiger partial charge in [0.15, 0.2) is 0 Å². The smallest absolute Gasteiger partial charge is 0.255 e. The van der Waals surface area contributed by atoms with Gasteiger partial charge < -0.3 is 5.32 Å². The number of hydrogen-bond acceptors (Lipinski definition) is 5. The molecule has 1 aliphatic heterocycles. The van der Waals surface area contributed by atoms with Gasteiger partial charge in [0.25, 0.3) is 5.56 Å². The van der Waals surface area contributed by atoms with Gasteiger partial charge >= 0.3 is 0 Å². The fourth-order valence-electron chi connectivity index (χ4n) is 4.05. The van der Waals surface area contributed by atoms with E-state index in [2.05, 4.69) is 31.7 Å². The molecule has 2 N–H and O–H groups in total. The first kappa shape index (κ1) is 22.1. The van der Waals surface area contributed by atoms with Gasteiger partial charge in [-0.2, -0.15) is 0 Å². The van der Waals surface area contributed by atoms with Gasteiger partial charge in [-0.1, -0.05) is 34.1 Å². The quantitative estimate of drug-likeness (QED) is 0.231. The predicted molar refractivity (Wildman–Crippen MR) is 141 cm³/mol. The fraction of sp³-hybridized carbons (Fsp3) is 0.115. The van der Waals surface area contributed by atoms with E-state index in [-0.39, 0.29) is 11.5 Å². The van der Waals surface area contributed by atoms with Crippen LogP contribution in [-0.4, -0.2) is 27.3 Å². The minimum Gasteiger partial charge on any atom is -0.322 e. The largest absolute Gasteiger partial charge is 0.322 e. The number of halogens is 1. The first-order valence-electron chi connectivity index (χ1n) is 10.8. The standard InChI is InChI=1S/C26H22BrN5O2/c1-17-5-7-20(15-23(17)30-24(33)4-2-11-27)32-25(34)10-6-18-16-28-22-9-8-19(14-21(22)26(18)32)31-13-3-12-29-31/h2-10,13-16,29H,11-12H2,1H3,(H,30,33)/b4-2+. The molecule has 5 rings (SSSR count). The molecule has 3 heterocycles. The molecular weight excluding hydrogens is 494 g/mol. The maximum atomic E-state index is 13.2. The van der Waals surface area contributed by atoms with Crippen molar-refractivity contribution in [1.82, 2.24) is 15.0 Å². The molecule has 0 unspecified atom stereocenters. The molecule has 34 heavy (non-hydrogen) atoms. The highest BCUT2D eigenvalue weighted by Crippen LogP contribution is 2.29. The molecule has 0 spiro atoms. The maximum absolute atomic E-state index is 13.2. The number of allylic oxidation sites excluding steroid dienone is 1. The topological polar surface area (TPSA) is 79.3 Å². The van der Waals surface area contributed by atoms with Gasteiger partial charge in [-0.25, -0.2) is 5.43 Å². The van der Waals surface area contributed by atoms with Crippen molar-refractivity contribution in [3.63, 3.8) is 0 Å². The molecule has 4 aromatic rings. The molecule has 2 aromatic carbocycles. The summed E-state index contributed by atoms with van der Waals surface area (Å²) in [5.74, 6) is -0.226. The number of carbonyl (C=O) groups is 1. The number of amides is 1. The number of aryl methyl sites for hydroxylation is 1. The Morgan fingerprint density at radius 2 is 2.03 bits per heavy atom. The van der Waals surface area contributed by atoms with Gasteiger partial charge in [-0.3, -0.25) is 24.1 Å². The van der Waals surface area contributed by atoms with Crippen molar-refractivity contribution in [3.8, 4) is 5.69 Å². The third kappa shape index (κ3) is 4.13. The number of carbonyl (C=O) groups excluding carboxylic acids is 1. The fourth-order valence-corrected chi connectivity index (χ4v) is 4.24. The highest BCUT2D eigenvalue weighted by Gasteiger charge is 2.14. The summed E-state index contributed by atoms with van der Waals surface area (Å²) in [5.41, 5.74) is 7.84. The zero-order valence-electron chi connectivity index (χ0n) is 18.5. The maximum Gasteiger partial charge on any atom is 0.255 e. The van der Waals surface area contributed by atoms with Crippen LogP contribution in [0.1, 0.15) is 5.56 Å². The Morgan fingerprint density at radius 3 is 2.82 bits per heavy atom. The van der Waals surface area contributed by atoms with Crippen LogP contribution >= 0.6 is 15.9 Å². The Kier molecular flexibility index (Phi) is 6.00. The van der Waals surface area contributed by atoms with E-state index in [0.29, 0.717) is 16.7 Å². The zero-order valence-corrected chi connectivity index (χ0v) is 20.0. The van der Waals surface area contributed by atoms with E-state index in [0.717, 1.165) is 39.6 Å². The predicted octanol–water partition coefficient (Wildman–Crippen LogP) is 4.58. The summed E-state index contributed by atoms with van der Waals surface area (Å²) in [6, 6.07) is 14.9. The number of aromatic nitrogens is 2. The molecular formula is C26H22BrN5O2. The van der Waals surface area contributed by atoms with E-state index < -0.39 is 0 Å². The lowest BCUT2D eigenvalue weighted by molar-refractivity contribution is -0.111. The molecule has 0 saturated heterocycles. The normalized spacial score (nSPS) is 13.4. The molecule has 0 atom stereocenters. The van der Waals surface area contributed by atoms with Crippen molar-refractivity contribution in [3.05, 3.63) is 95.1 Å². The number of anilines is 2. The van der Waals surface area contributed by atoms with Crippen LogP contribution in [0.4, 0.5) is 11.4 Å². The Hall–Kier alpha value is -3.75. The van der Waals surface area contributed by atoms with Crippen LogP contribution < -0.4 is 21.3 Å². The Bertz CT molecular complexity index is 1540. The first-order chi connectivity index (χ1) is 16.5. The van der Waals surface area contributed by atoms with Crippen molar-refractivity contribution in [1.29, 1.82) is 0 Å². The monoisotopic (exact) mass is 515 g/mol. The van der Waals surface area contributed by atoms with Crippen molar-refractivity contribution in [2.75, 3.05) is 22.2 Å². The van der Waals surface area contributed by atoms with E-state index in [9.17, 15) is 9.59 Å². The van der Waals surface area contributed by atoms with Crippen molar-refractivity contribution >= 4 is 55.0 Å². The van der Waals surface area contributed by atoms with Crippen molar-refractivity contribution < 1.29 is 4.79 Å². The molecule has 1 amide bonds. The average molecular weight is 516 g/mol. The van der Waals surface area contributed by atoms with E-state index in [4.69, 9.17) is 0 Å². The lowest BCUT2D eigenvalue weighted by Gasteiger charge is -2.18. The number of rotatable bonds is 5. The van der Waals surface area contributed by atoms with E-state index in [1.165, 1.54) is 6.08 Å². The Labute approximate surface area is 204 Å². The van der Waals surface area contributed by atoms with Crippen LogP contribution in [0.2, 0.25) is 0 Å². The van der Waals surface area contributed by atoms with Crippen LogP contribution in [0.15, 0.2) is 84.0 Å². The summed E-state index contributed by atoms with van der Waals surface area (Å²) in [7, 11) is 0. The number of hydrogen-bond donors (Lipinski definition) is 2. The number of pyridine rings is 2. The molecule has 1 aliphatic rings. The number of alkyl halides is 1. The number of nitrogens with one attached hydrogen (secondary N) is 2. The second kappa shape index (κ2) is 9.24. The molecule has 0 radical (unpaired) electrons. The molecule has 0 aliphatic carbocycles. The van der Waals surface area contributed by atoms with Gasteiger partial charge in [0.05, 0.1) is 22.4 Å². The summed E-state index contributed by atoms with van der Waals surface area (Å²) in [5, 5.41) is 7.16. The second-order valence-corrected chi connectivity index (χ2v) is 8.58. The van der Waals surface area contributed by atoms with E-state index in [1.54, 1.807) is 29.0 Å². The van der Waals surface area contributed by atoms with Crippen LogP contribution in [0.5, 0.6) is 0 Å². The number of fused-ring (bicyclic) bond motifs is 3. The van der Waals surface area contributed by atoms with Gasteiger partial charge in [-0.15, -0.1) is 0 Å². The molecule has 8 heteroatoms. The molecule has 170 valence electrons. The molecule has 0 fully saturated rings. The van der Waals surface area contributed by atoms with Gasteiger partial charge in [0, 0.05) is 52.9 Å². The van der Waals surface area contributed by atoms with Gasteiger partial charge in [0.2, 0.25) is 5.91 Å². The van der Waals surface area contributed by atoms with Gasteiger partial charge in [-0.05, 0) is 48.9 Å². The van der Waals surface area contributed by atoms with Crippen LogP contribution in [0.3, 0.4) is 0 Å². The lowest BCUT2D eigenvalue weighted by Crippen LogP contribution is -2.28. The highest BCUT2D eigenvalue weighted by atomic mass is 79.9. The van der Waals surface area contributed by atoms with Gasteiger partial charge in [0.1, 0.15) is 0 Å². The molecule has 0 bridgehead atoms. The number of hydrazine groups is 1. The summed E-state index contributed by atoms with van der Waals surface area (Å²) in [6.07, 6.45) is 9.00. The molecule has 2 aromatic heterocycles. The van der Waals surface area contributed by atoms with Crippen molar-refractivity contribution in [2.24, 2.45) is 0 Å². The second-order valence-electron chi connectivity index (χ2n) is 7.93. The minimum atomic E-state index is -0.226. The van der Waals surface area contributed by atoms with E-state index >= 15 is 0 Å². The SMILES string of the molecule is Cc1ccc(-n2c(=O)ccc3cnc4ccc(N5C=CCN5)cc4c32)cc1NC(=O)/C=C/CBr. The number of nitrogens with zero attached hydrogens (tertiary/aromatic N) is 3. The Morgan fingerprint density at radius 1 is 1.18 bits per heavy atom. The van der Waals surface area contributed by atoms with Crippen LogP contribution in [0.25, 0.3) is 27.5 Å². The lowest BCUT2D eigenvalue weighted by atomic mass is 10.1. The average Bonchev–Trinajstić information content (AvgIpc) is 3.39. The van der Waals surface area contributed by atoms with Crippen molar-refractivity contribution in [2.45, 2.75) is 6.92 Å². The highest BCUT2D eigenvalue weighted by molar-refractivity contribution is 9.09. The molecule has 7 nitrogen and oxygen atoms in total. The Balaban J connectivity index is 1.71. The van der Waals surface area contributed by atoms with E-state index in [1.807, 2.05) is 60.6 Å². The third-order valence-corrected chi connectivity index (χ3v) is 6.08. The van der Waals surface area contributed by atoms with Crippen LogP contribution in [0, 0.1) is 6.92 Å². The molecule has 0 saturated carbocycles. The summed E-state index contributed by atoms with van der Waals surface area (Å²) < 4.78 is 1.68. The number of benzene rings is 2. The minimum absolute atomic E-state index is 0.162. The third-order valence-electron chi connectivity index (χ3n) is 5.71. The summed E-state index contributed by atoms with van der Waals surface area (Å²) >= 11 is 3.28.